The van der Waals surface area contributed by atoms with E-state index in [0.29, 0.717) is 6.54 Å². The van der Waals surface area contributed by atoms with Crippen LogP contribution >= 0.6 is 0 Å². The lowest BCUT2D eigenvalue weighted by atomic mass is 9.99. The number of methoxy groups -OCH3 is 1. The molecule has 2 amide bonds. The van der Waals surface area contributed by atoms with E-state index in [2.05, 4.69) is 22.8 Å². The molecule has 5 heteroatoms. The number of esters is 1. The lowest BCUT2D eigenvalue weighted by Gasteiger charge is -2.22. The molecule has 0 bridgehead atoms. The minimum Gasteiger partial charge on any atom is -0.467 e. The molecule has 1 aromatic rings. The second-order valence-electron chi connectivity index (χ2n) is 5.38. The molecule has 0 aliphatic rings. The maximum Gasteiger partial charge on any atom is 0.328 e. The van der Waals surface area contributed by atoms with Crippen LogP contribution in [0.3, 0.4) is 0 Å². The Balaban J connectivity index is 2.33. The third kappa shape index (κ3) is 6.16. The quantitative estimate of drug-likeness (QED) is 0.573. The Kier molecular flexibility index (Phi) is 8.04. The Morgan fingerprint density at radius 1 is 1.23 bits per heavy atom. The molecule has 0 spiro atoms. The number of urea groups is 1. The van der Waals surface area contributed by atoms with Crippen molar-refractivity contribution in [3.05, 3.63) is 35.9 Å². The summed E-state index contributed by atoms with van der Waals surface area (Å²) in [6, 6.07) is 9.18. The van der Waals surface area contributed by atoms with Crippen LogP contribution in [0.4, 0.5) is 4.79 Å². The number of rotatable bonds is 8. The lowest BCUT2D eigenvalue weighted by Crippen LogP contribution is -2.49. The molecule has 0 saturated carbocycles. The number of ether oxygens (including phenoxy) is 1. The second-order valence-corrected chi connectivity index (χ2v) is 5.38. The van der Waals surface area contributed by atoms with Gasteiger partial charge in [-0.2, -0.15) is 0 Å². The van der Waals surface area contributed by atoms with E-state index in [9.17, 15) is 9.59 Å². The molecule has 122 valence electrons. The highest BCUT2D eigenvalue weighted by Crippen LogP contribution is 2.09. The van der Waals surface area contributed by atoms with Gasteiger partial charge in [-0.15, -0.1) is 0 Å². The number of nitrogens with one attached hydrogen (secondary N) is 2. The summed E-state index contributed by atoms with van der Waals surface area (Å²) in [6.45, 7) is 4.45. The maximum absolute atomic E-state index is 11.9. The number of carbonyl (C=O) groups is 2. The van der Waals surface area contributed by atoms with E-state index >= 15 is 0 Å². The molecule has 1 rings (SSSR count). The van der Waals surface area contributed by atoms with Gasteiger partial charge in [-0.05, 0) is 24.3 Å². The van der Waals surface area contributed by atoms with Crippen LogP contribution in [-0.4, -0.2) is 31.7 Å². The Hall–Kier alpha value is -2.04. The lowest BCUT2D eigenvalue weighted by molar-refractivity contribution is -0.144. The minimum atomic E-state index is -0.607. The predicted octanol–water partition coefficient (Wildman–Crippen LogP) is 2.51. The van der Waals surface area contributed by atoms with Crippen LogP contribution in [0.25, 0.3) is 0 Å². The number of benzene rings is 1. The molecule has 0 aromatic heterocycles. The van der Waals surface area contributed by atoms with Gasteiger partial charge in [0.05, 0.1) is 7.11 Å². The van der Waals surface area contributed by atoms with E-state index in [1.165, 1.54) is 12.7 Å². The summed E-state index contributed by atoms with van der Waals surface area (Å²) in [5.74, 6) is -0.378. The van der Waals surface area contributed by atoms with E-state index < -0.39 is 12.0 Å². The van der Waals surface area contributed by atoms with Gasteiger partial charge in [0.15, 0.2) is 0 Å². The number of amides is 2. The molecule has 0 aliphatic carbocycles. The van der Waals surface area contributed by atoms with Gasteiger partial charge in [-0.3, -0.25) is 0 Å². The van der Waals surface area contributed by atoms with Crippen LogP contribution in [0.5, 0.6) is 0 Å². The Labute approximate surface area is 132 Å². The van der Waals surface area contributed by atoms with Crippen molar-refractivity contribution in [3.8, 4) is 0 Å². The van der Waals surface area contributed by atoms with Crippen LogP contribution in [-0.2, 0) is 16.0 Å². The van der Waals surface area contributed by atoms with Crippen molar-refractivity contribution in [1.82, 2.24) is 10.6 Å². The molecule has 0 aliphatic heterocycles. The number of carbonyl (C=O) groups excluding carboxylic acids is 2. The Morgan fingerprint density at radius 2 is 1.91 bits per heavy atom. The first-order chi connectivity index (χ1) is 10.6. The van der Waals surface area contributed by atoms with Crippen molar-refractivity contribution in [3.63, 3.8) is 0 Å². The van der Waals surface area contributed by atoms with Crippen molar-refractivity contribution >= 4 is 12.0 Å². The highest BCUT2D eigenvalue weighted by atomic mass is 16.5. The molecule has 0 fully saturated rings. The SMILES string of the molecule is CCC(C)[C@H](NC(=O)NCCCc1ccccc1)C(=O)OC. The van der Waals surface area contributed by atoms with Crippen molar-refractivity contribution in [2.45, 2.75) is 39.2 Å². The average Bonchev–Trinajstić information content (AvgIpc) is 2.56. The second kappa shape index (κ2) is 9.82. The van der Waals surface area contributed by atoms with Crippen LogP contribution < -0.4 is 10.6 Å². The van der Waals surface area contributed by atoms with Gasteiger partial charge in [0, 0.05) is 6.54 Å². The molecule has 2 atom stereocenters. The molecule has 5 nitrogen and oxygen atoms in total. The van der Waals surface area contributed by atoms with Gasteiger partial charge in [-0.1, -0.05) is 50.6 Å². The third-order valence-corrected chi connectivity index (χ3v) is 3.73. The van der Waals surface area contributed by atoms with Crippen LogP contribution in [0.15, 0.2) is 30.3 Å². The smallest absolute Gasteiger partial charge is 0.328 e. The van der Waals surface area contributed by atoms with Crippen LogP contribution in [0.1, 0.15) is 32.3 Å². The number of hydrogen-bond acceptors (Lipinski definition) is 3. The summed E-state index contributed by atoms with van der Waals surface area (Å²) >= 11 is 0. The standard InChI is InChI=1S/C17H26N2O3/c1-4-13(2)15(16(20)22-3)19-17(21)18-12-8-11-14-9-6-5-7-10-14/h5-7,9-10,13,15H,4,8,11-12H2,1-3H3,(H2,18,19,21)/t13?,15-/m0/s1. The van der Waals surface area contributed by atoms with Gasteiger partial charge in [0.25, 0.3) is 0 Å². The number of hydrogen-bond donors (Lipinski definition) is 2. The molecular formula is C17H26N2O3. The highest BCUT2D eigenvalue weighted by Gasteiger charge is 2.26. The molecule has 2 N–H and O–H groups in total. The molecule has 0 saturated heterocycles. The zero-order valence-electron chi connectivity index (χ0n) is 13.6. The van der Waals surface area contributed by atoms with E-state index in [4.69, 9.17) is 4.74 Å². The minimum absolute atomic E-state index is 0.0301. The van der Waals surface area contributed by atoms with Gasteiger partial charge in [-0.25, -0.2) is 9.59 Å². The van der Waals surface area contributed by atoms with E-state index in [-0.39, 0.29) is 11.9 Å². The topological polar surface area (TPSA) is 67.4 Å². The monoisotopic (exact) mass is 306 g/mol. The highest BCUT2D eigenvalue weighted by molar-refractivity contribution is 5.83. The first kappa shape index (κ1) is 18.0. The summed E-state index contributed by atoms with van der Waals surface area (Å²) in [5.41, 5.74) is 1.25. The molecule has 1 aromatic carbocycles. The first-order valence-corrected chi connectivity index (χ1v) is 7.74. The molecule has 22 heavy (non-hydrogen) atoms. The summed E-state index contributed by atoms with van der Waals surface area (Å²) in [7, 11) is 1.33. The third-order valence-electron chi connectivity index (χ3n) is 3.73. The largest absolute Gasteiger partial charge is 0.467 e. The predicted molar refractivity (Wildman–Crippen MR) is 86.6 cm³/mol. The van der Waals surface area contributed by atoms with Crippen molar-refractivity contribution in [1.29, 1.82) is 0 Å². The summed E-state index contributed by atoms with van der Waals surface area (Å²) < 4.78 is 4.74. The van der Waals surface area contributed by atoms with Gasteiger partial charge < -0.3 is 15.4 Å². The Morgan fingerprint density at radius 3 is 2.50 bits per heavy atom. The molecule has 0 radical (unpaired) electrons. The fourth-order valence-electron chi connectivity index (χ4n) is 2.13. The normalized spacial score (nSPS) is 13.0. The average molecular weight is 306 g/mol. The van der Waals surface area contributed by atoms with Crippen molar-refractivity contribution < 1.29 is 14.3 Å². The summed E-state index contributed by atoms with van der Waals surface area (Å²) in [6.07, 6.45) is 2.55. The Bertz CT molecular complexity index is 462. The summed E-state index contributed by atoms with van der Waals surface area (Å²) in [5, 5.41) is 5.48. The van der Waals surface area contributed by atoms with E-state index in [1.54, 1.807) is 0 Å². The first-order valence-electron chi connectivity index (χ1n) is 7.74. The van der Waals surface area contributed by atoms with Crippen LogP contribution in [0.2, 0.25) is 0 Å². The van der Waals surface area contributed by atoms with E-state index in [0.717, 1.165) is 19.3 Å². The van der Waals surface area contributed by atoms with Crippen LogP contribution in [0, 0.1) is 5.92 Å². The fourth-order valence-corrected chi connectivity index (χ4v) is 2.13. The van der Waals surface area contributed by atoms with Gasteiger partial charge >= 0.3 is 12.0 Å². The van der Waals surface area contributed by atoms with Gasteiger partial charge in [0.2, 0.25) is 0 Å². The molecule has 0 heterocycles. The van der Waals surface area contributed by atoms with Gasteiger partial charge in [0.1, 0.15) is 6.04 Å². The fraction of sp³-hybridized carbons (Fsp3) is 0.529. The number of aryl methyl sites for hydroxylation is 1. The van der Waals surface area contributed by atoms with E-state index in [1.807, 2.05) is 32.0 Å². The summed E-state index contributed by atoms with van der Waals surface area (Å²) in [4.78, 5) is 23.6. The zero-order valence-corrected chi connectivity index (χ0v) is 13.6. The maximum atomic E-state index is 11.9. The molecular weight excluding hydrogens is 280 g/mol. The zero-order chi connectivity index (χ0) is 16.4. The molecule has 1 unspecified atom stereocenters. The van der Waals surface area contributed by atoms with Crippen molar-refractivity contribution in [2.75, 3.05) is 13.7 Å². The van der Waals surface area contributed by atoms with Crippen molar-refractivity contribution in [2.24, 2.45) is 5.92 Å².